The lowest BCUT2D eigenvalue weighted by molar-refractivity contribution is 0.371. The highest BCUT2D eigenvalue weighted by Gasteiger charge is 2.22. The van der Waals surface area contributed by atoms with E-state index < -0.39 is 0 Å². The molecule has 4 N–H and O–H groups in total. The van der Waals surface area contributed by atoms with Gasteiger partial charge in [0.15, 0.2) is 0 Å². The first kappa shape index (κ1) is 19.7. The van der Waals surface area contributed by atoms with Crippen molar-refractivity contribution in [1.29, 1.82) is 0 Å². The molecule has 2 aromatic heterocycles. The normalized spacial score (nSPS) is 19.9. The Morgan fingerprint density at radius 2 is 2.04 bits per heavy atom. The first-order valence-corrected chi connectivity index (χ1v) is 8.42. The number of aromatic amines is 1. The van der Waals surface area contributed by atoms with Gasteiger partial charge in [0.25, 0.3) is 0 Å². The summed E-state index contributed by atoms with van der Waals surface area (Å²) in [6, 6.07) is 10.4. The largest absolute Gasteiger partial charge is 0.412 e. The number of rotatable bonds is 2. The highest BCUT2D eigenvalue weighted by Crippen LogP contribution is 2.30. The fourth-order valence-corrected chi connectivity index (χ4v) is 3.56. The number of fused-ring (bicyclic) bond motifs is 1. The van der Waals surface area contributed by atoms with Gasteiger partial charge in [0.1, 0.15) is 5.82 Å². The van der Waals surface area contributed by atoms with E-state index in [0.29, 0.717) is 12.0 Å². The van der Waals surface area contributed by atoms with Gasteiger partial charge in [-0.3, -0.25) is 0 Å². The second-order valence-corrected chi connectivity index (χ2v) is 6.67. The number of H-pyrrole nitrogens is 1. The first-order chi connectivity index (χ1) is 11.2. The van der Waals surface area contributed by atoms with E-state index in [2.05, 4.69) is 28.3 Å². The second-order valence-electron chi connectivity index (χ2n) is 6.27. The molecule has 1 fully saturated rings. The van der Waals surface area contributed by atoms with Crippen LogP contribution in [0.3, 0.4) is 0 Å². The maximum Gasteiger partial charge on any atom is 0.132 e. The van der Waals surface area contributed by atoms with Gasteiger partial charge in [-0.15, -0.1) is 12.4 Å². The van der Waals surface area contributed by atoms with Crippen molar-refractivity contribution >= 4 is 35.0 Å². The third-order valence-corrected chi connectivity index (χ3v) is 4.87. The summed E-state index contributed by atoms with van der Waals surface area (Å²) in [7, 11) is 0. The molecule has 1 saturated heterocycles. The molecule has 2 unspecified atom stereocenters. The van der Waals surface area contributed by atoms with E-state index in [1.165, 1.54) is 0 Å². The highest BCUT2D eigenvalue weighted by molar-refractivity contribution is 6.33. The van der Waals surface area contributed by atoms with Gasteiger partial charge in [-0.2, -0.15) is 0 Å². The number of hydrogen-bond acceptors (Lipinski definition) is 3. The molecule has 0 amide bonds. The van der Waals surface area contributed by atoms with Crippen LogP contribution in [0, 0.1) is 0 Å². The molecule has 1 aliphatic rings. The van der Waals surface area contributed by atoms with Crippen molar-refractivity contribution in [3.8, 4) is 11.3 Å². The summed E-state index contributed by atoms with van der Waals surface area (Å²) in [5.41, 5.74) is 3.88. The van der Waals surface area contributed by atoms with E-state index in [4.69, 9.17) is 16.6 Å². The van der Waals surface area contributed by atoms with Crippen molar-refractivity contribution in [3.63, 3.8) is 0 Å². The van der Waals surface area contributed by atoms with Crippen molar-refractivity contribution in [2.75, 3.05) is 6.54 Å². The Hall–Kier alpha value is -1.66. The van der Waals surface area contributed by atoms with Crippen molar-refractivity contribution in [3.05, 3.63) is 47.4 Å². The molecule has 1 aromatic carbocycles. The Bertz CT molecular complexity index is 852. The number of nitrogens with one attached hydrogen (secondary N) is 2. The summed E-state index contributed by atoms with van der Waals surface area (Å²) in [5.74, 6) is 1.39. The Labute approximate surface area is 157 Å². The molecule has 134 valence electrons. The number of benzene rings is 1. The average Bonchev–Trinajstić information content (AvgIpc) is 2.98. The van der Waals surface area contributed by atoms with Crippen molar-refractivity contribution < 1.29 is 5.48 Å². The number of nitrogens with zero attached hydrogens (tertiary/aromatic N) is 2. The minimum Gasteiger partial charge on any atom is -0.412 e. The minimum atomic E-state index is 0. The lowest BCUT2D eigenvalue weighted by atomic mass is 9.92. The molecule has 4 rings (SSSR count). The molecular weight excluding hydrogens is 359 g/mol. The molecule has 0 saturated carbocycles. The van der Waals surface area contributed by atoms with Crippen LogP contribution in [0.1, 0.15) is 31.5 Å². The summed E-state index contributed by atoms with van der Waals surface area (Å²) in [4.78, 5) is 12.8. The highest BCUT2D eigenvalue weighted by atomic mass is 35.5. The average molecular weight is 381 g/mol. The molecule has 0 aliphatic carbocycles. The standard InChI is InChI=1S/C18H19ClN4.ClH.H2O/c1-11-8-12(6-7-20-11)18-21-10-17-16(23-18)9-15(22-17)13-4-2-3-5-14(13)19;;/h2-5,9-12,20,22H,6-8H2,1H3;1H;1H2. The van der Waals surface area contributed by atoms with Gasteiger partial charge < -0.3 is 15.8 Å². The van der Waals surface area contributed by atoms with Crippen LogP contribution in [0.4, 0.5) is 0 Å². The lowest BCUT2D eigenvalue weighted by Gasteiger charge is -2.26. The predicted octanol–water partition coefficient (Wildman–Crippen LogP) is 3.73. The number of piperidine rings is 1. The molecule has 0 radical (unpaired) electrons. The van der Waals surface area contributed by atoms with E-state index >= 15 is 0 Å². The Balaban J connectivity index is 0.00000113. The van der Waals surface area contributed by atoms with Gasteiger partial charge in [-0.1, -0.05) is 29.8 Å². The third kappa shape index (κ3) is 3.96. The molecule has 5 nitrogen and oxygen atoms in total. The third-order valence-electron chi connectivity index (χ3n) is 4.54. The number of aromatic nitrogens is 3. The first-order valence-electron chi connectivity index (χ1n) is 8.04. The van der Waals surface area contributed by atoms with E-state index in [-0.39, 0.29) is 17.9 Å². The monoisotopic (exact) mass is 380 g/mol. The van der Waals surface area contributed by atoms with Crippen LogP contribution >= 0.6 is 24.0 Å². The Kier molecular flexibility index (Phi) is 6.41. The Morgan fingerprint density at radius 1 is 1.24 bits per heavy atom. The molecule has 0 bridgehead atoms. The van der Waals surface area contributed by atoms with Crippen molar-refractivity contribution in [1.82, 2.24) is 20.3 Å². The van der Waals surface area contributed by atoms with Crippen LogP contribution in [0.25, 0.3) is 22.3 Å². The zero-order chi connectivity index (χ0) is 15.8. The van der Waals surface area contributed by atoms with Crippen LogP contribution in [-0.4, -0.2) is 33.0 Å². The second kappa shape index (κ2) is 8.15. The van der Waals surface area contributed by atoms with E-state index in [1.54, 1.807) is 0 Å². The van der Waals surface area contributed by atoms with Crippen molar-refractivity contribution in [2.45, 2.75) is 31.7 Å². The summed E-state index contributed by atoms with van der Waals surface area (Å²) < 4.78 is 0. The molecule has 7 heteroatoms. The summed E-state index contributed by atoms with van der Waals surface area (Å²) in [6.45, 7) is 3.25. The zero-order valence-electron chi connectivity index (χ0n) is 13.9. The molecule has 0 spiro atoms. The van der Waals surface area contributed by atoms with Gasteiger partial charge >= 0.3 is 0 Å². The van der Waals surface area contributed by atoms with Crippen molar-refractivity contribution in [2.24, 2.45) is 0 Å². The molecular formula is C18H22Cl2N4O. The quantitative estimate of drug-likeness (QED) is 0.709. The molecule has 1 aliphatic heterocycles. The molecule has 3 heterocycles. The van der Waals surface area contributed by atoms with Crippen LogP contribution in [-0.2, 0) is 0 Å². The predicted molar refractivity (Wildman–Crippen MR) is 105 cm³/mol. The SMILES string of the molecule is CC1CC(c2ncc3[nH]c(-c4ccccc4Cl)cc3n2)CCN1.Cl.O. The topological polar surface area (TPSA) is 85.1 Å². The Morgan fingerprint density at radius 3 is 2.80 bits per heavy atom. The van der Waals surface area contributed by atoms with E-state index in [1.807, 2.05) is 30.5 Å². The summed E-state index contributed by atoms with van der Waals surface area (Å²) in [6.07, 6.45) is 4.08. The molecule has 25 heavy (non-hydrogen) atoms. The van der Waals surface area contributed by atoms with Gasteiger partial charge in [0.05, 0.1) is 17.2 Å². The summed E-state index contributed by atoms with van der Waals surface area (Å²) in [5, 5.41) is 4.21. The van der Waals surface area contributed by atoms with Gasteiger partial charge in [0, 0.05) is 28.2 Å². The summed E-state index contributed by atoms with van der Waals surface area (Å²) >= 11 is 6.29. The van der Waals surface area contributed by atoms with Gasteiger partial charge in [0.2, 0.25) is 0 Å². The van der Waals surface area contributed by atoms with Crippen LogP contribution < -0.4 is 5.32 Å². The molecule has 3 aromatic rings. The maximum absolute atomic E-state index is 6.29. The smallest absolute Gasteiger partial charge is 0.132 e. The van der Waals surface area contributed by atoms with Crippen LogP contribution in [0.15, 0.2) is 36.5 Å². The fraction of sp³-hybridized carbons (Fsp3) is 0.333. The lowest BCUT2D eigenvalue weighted by Crippen LogP contribution is -2.35. The van der Waals surface area contributed by atoms with Crippen LogP contribution in [0.2, 0.25) is 5.02 Å². The van der Waals surface area contributed by atoms with Gasteiger partial charge in [-0.05, 0) is 38.4 Å². The minimum absolute atomic E-state index is 0. The molecule has 2 atom stereocenters. The zero-order valence-corrected chi connectivity index (χ0v) is 15.5. The van der Waals surface area contributed by atoms with Gasteiger partial charge in [-0.25, -0.2) is 9.97 Å². The number of hydrogen-bond donors (Lipinski definition) is 2. The van der Waals surface area contributed by atoms with E-state index in [9.17, 15) is 0 Å². The number of halogens is 2. The maximum atomic E-state index is 6.29. The van der Waals surface area contributed by atoms with Crippen LogP contribution in [0.5, 0.6) is 0 Å². The van der Waals surface area contributed by atoms with E-state index in [0.717, 1.165) is 52.5 Å². The fourth-order valence-electron chi connectivity index (χ4n) is 3.32.